The van der Waals surface area contributed by atoms with Crippen molar-refractivity contribution in [3.8, 4) is 0 Å². The molecule has 11 heavy (non-hydrogen) atoms. The zero-order valence-corrected chi connectivity index (χ0v) is 4.74. The van der Waals surface area contributed by atoms with Crippen molar-refractivity contribution in [1.82, 2.24) is 4.98 Å². The molecule has 0 unspecified atom stereocenters. The second kappa shape index (κ2) is 6.52. The predicted molar refractivity (Wildman–Crippen MR) is 47.1 cm³/mol. The van der Waals surface area contributed by atoms with E-state index in [1.807, 2.05) is 0 Å². The van der Waals surface area contributed by atoms with Crippen molar-refractivity contribution >= 4 is 43.6 Å². The van der Waals surface area contributed by atoms with Gasteiger partial charge in [0.15, 0.2) is 0 Å². The van der Waals surface area contributed by atoms with E-state index in [1.165, 1.54) is 6.20 Å². The van der Waals surface area contributed by atoms with E-state index >= 15 is 0 Å². The molecule has 0 bridgehead atoms. The van der Waals surface area contributed by atoms with Crippen LogP contribution < -0.4 is 5.73 Å². The maximum absolute atomic E-state index is 10.4. The number of pyridine rings is 1. The van der Waals surface area contributed by atoms with Crippen molar-refractivity contribution in [3.63, 3.8) is 0 Å². The number of carbonyl (C=O) groups is 1. The van der Waals surface area contributed by atoms with Gasteiger partial charge in [0.05, 0.1) is 0 Å². The molecular formula is C6H8Li2N2O. The summed E-state index contributed by atoms with van der Waals surface area (Å²) in [5, 5.41) is 0. The fourth-order valence-corrected chi connectivity index (χ4v) is 0.509. The van der Waals surface area contributed by atoms with Gasteiger partial charge in [0.25, 0.3) is 5.91 Å². The summed E-state index contributed by atoms with van der Waals surface area (Å²) in [6, 6.07) is 5.02. The Morgan fingerprint density at radius 3 is 2.27 bits per heavy atom. The normalized spacial score (nSPS) is 7.27. The number of hydrogen-bond donors (Lipinski definition) is 1. The third-order valence-corrected chi connectivity index (χ3v) is 0.917. The maximum atomic E-state index is 10.4. The molecule has 1 aromatic heterocycles. The van der Waals surface area contributed by atoms with Crippen molar-refractivity contribution in [1.29, 1.82) is 0 Å². The molecule has 2 N–H and O–H groups in total. The van der Waals surface area contributed by atoms with Crippen LogP contribution in [-0.2, 0) is 0 Å². The molecule has 1 aromatic rings. The standard InChI is InChI=1S/C6H6N2O.2Li.2H/c7-6(9)5-3-1-2-4-8-5;;;;/h1-4H,(H2,7,9);;;;. The molecule has 1 amide bonds. The molecule has 0 atom stereocenters. The number of primary amides is 1. The fourth-order valence-electron chi connectivity index (χ4n) is 0.509. The van der Waals surface area contributed by atoms with Gasteiger partial charge >= 0.3 is 37.7 Å². The van der Waals surface area contributed by atoms with E-state index in [1.54, 1.807) is 18.2 Å². The molecule has 0 aliphatic carbocycles. The Hall–Kier alpha value is -0.185. The van der Waals surface area contributed by atoms with Gasteiger partial charge in [0, 0.05) is 6.20 Å². The van der Waals surface area contributed by atoms with Crippen LogP contribution in [0.5, 0.6) is 0 Å². The fraction of sp³-hybridized carbons (Fsp3) is 0. The van der Waals surface area contributed by atoms with Crippen molar-refractivity contribution in [3.05, 3.63) is 30.1 Å². The summed E-state index contributed by atoms with van der Waals surface area (Å²) in [6.45, 7) is 0. The first-order valence-electron chi connectivity index (χ1n) is 2.51. The number of hydrogen-bond acceptors (Lipinski definition) is 2. The summed E-state index contributed by atoms with van der Waals surface area (Å²) >= 11 is 0. The molecule has 1 rings (SSSR count). The van der Waals surface area contributed by atoms with Crippen LogP contribution >= 0.6 is 0 Å². The number of aromatic nitrogens is 1. The Labute approximate surface area is 89.1 Å². The van der Waals surface area contributed by atoms with Crippen LogP contribution in [0.2, 0.25) is 0 Å². The van der Waals surface area contributed by atoms with Gasteiger partial charge in [0.1, 0.15) is 5.69 Å². The van der Waals surface area contributed by atoms with Gasteiger partial charge in [-0.3, -0.25) is 9.78 Å². The molecule has 1 heterocycles. The van der Waals surface area contributed by atoms with Gasteiger partial charge in [-0.15, -0.1) is 0 Å². The molecule has 50 valence electrons. The molecule has 0 aromatic carbocycles. The van der Waals surface area contributed by atoms with E-state index in [2.05, 4.69) is 4.98 Å². The van der Waals surface area contributed by atoms with Crippen molar-refractivity contribution in [2.45, 2.75) is 0 Å². The quantitative estimate of drug-likeness (QED) is 0.500. The van der Waals surface area contributed by atoms with Crippen LogP contribution in [0.3, 0.4) is 0 Å². The second-order valence-corrected chi connectivity index (χ2v) is 1.58. The Morgan fingerprint density at radius 2 is 2.00 bits per heavy atom. The SMILES string of the molecule is NC(=O)c1ccccn1.[LiH].[LiH]. The molecule has 0 fully saturated rings. The number of rotatable bonds is 1. The zero-order valence-electron chi connectivity index (χ0n) is 4.74. The van der Waals surface area contributed by atoms with Gasteiger partial charge in [-0.25, -0.2) is 0 Å². The Balaban J connectivity index is 0. The molecule has 5 heteroatoms. The summed E-state index contributed by atoms with van der Waals surface area (Å²) in [7, 11) is 0. The van der Waals surface area contributed by atoms with Crippen molar-refractivity contribution in [2.75, 3.05) is 0 Å². The predicted octanol–water partition coefficient (Wildman–Crippen LogP) is -1.12. The molecule has 0 spiro atoms. The molecule has 0 aliphatic rings. The summed E-state index contributed by atoms with van der Waals surface area (Å²) in [5.41, 5.74) is 5.22. The van der Waals surface area contributed by atoms with Crippen LogP contribution in [0.15, 0.2) is 24.4 Å². The van der Waals surface area contributed by atoms with Crippen LogP contribution in [-0.4, -0.2) is 48.6 Å². The van der Waals surface area contributed by atoms with Crippen LogP contribution in [0.4, 0.5) is 0 Å². The minimum absolute atomic E-state index is 0. The van der Waals surface area contributed by atoms with E-state index in [-0.39, 0.29) is 37.7 Å². The van der Waals surface area contributed by atoms with Gasteiger partial charge in [-0.1, -0.05) is 6.07 Å². The third-order valence-electron chi connectivity index (χ3n) is 0.917. The third kappa shape index (κ3) is 4.29. The first-order valence-corrected chi connectivity index (χ1v) is 2.51. The van der Waals surface area contributed by atoms with Crippen LogP contribution in [0.1, 0.15) is 10.5 Å². The van der Waals surface area contributed by atoms with Crippen molar-refractivity contribution in [2.24, 2.45) is 5.73 Å². The number of nitrogens with two attached hydrogens (primary N) is 1. The van der Waals surface area contributed by atoms with E-state index in [0.717, 1.165) is 0 Å². The van der Waals surface area contributed by atoms with E-state index in [4.69, 9.17) is 5.73 Å². The summed E-state index contributed by atoms with van der Waals surface area (Å²) in [6.07, 6.45) is 1.53. The summed E-state index contributed by atoms with van der Waals surface area (Å²) in [4.78, 5) is 14.1. The number of amides is 1. The van der Waals surface area contributed by atoms with Crippen LogP contribution in [0.25, 0.3) is 0 Å². The Kier molecular flexibility index (Phi) is 7.95. The van der Waals surface area contributed by atoms with Crippen molar-refractivity contribution < 1.29 is 4.79 Å². The summed E-state index contributed by atoms with van der Waals surface area (Å²) in [5.74, 6) is -0.490. The first kappa shape index (κ1) is 13.4. The molecular weight excluding hydrogens is 130 g/mol. The first-order chi connectivity index (χ1) is 4.30. The van der Waals surface area contributed by atoms with Gasteiger partial charge in [-0.2, -0.15) is 0 Å². The molecule has 3 nitrogen and oxygen atoms in total. The minimum atomic E-state index is -0.490. The monoisotopic (exact) mass is 138 g/mol. The summed E-state index contributed by atoms with van der Waals surface area (Å²) < 4.78 is 0. The molecule has 0 aliphatic heterocycles. The van der Waals surface area contributed by atoms with Gasteiger partial charge in [0.2, 0.25) is 0 Å². The number of nitrogens with zero attached hydrogens (tertiary/aromatic N) is 1. The van der Waals surface area contributed by atoms with Gasteiger partial charge < -0.3 is 5.73 Å². The average Bonchev–Trinajstić information content (AvgIpc) is 1.90. The van der Waals surface area contributed by atoms with E-state index < -0.39 is 5.91 Å². The Bertz CT molecular complexity index is 215. The van der Waals surface area contributed by atoms with Crippen LogP contribution in [0, 0.1) is 0 Å². The molecule has 0 radical (unpaired) electrons. The van der Waals surface area contributed by atoms with E-state index in [0.29, 0.717) is 5.69 Å². The second-order valence-electron chi connectivity index (χ2n) is 1.58. The van der Waals surface area contributed by atoms with E-state index in [9.17, 15) is 4.79 Å². The Morgan fingerprint density at radius 1 is 1.36 bits per heavy atom. The number of carbonyl (C=O) groups excluding carboxylic acids is 1. The zero-order chi connectivity index (χ0) is 6.69. The average molecular weight is 138 g/mol. The van der Waals surface area contributed by atoms with Gasteiger partial charge in [-0.05, 0) is 12.1 Å². The molecule has 0 saturated carbocycles. The topological polar surface area (TPSA) is 56.0 Å². The molecule has 0 saturated heterocycles.